The third-order valence-electron chi connectivity index (χ3n) is 3.34. The highest BCUT2D eigenvalue weighted by Crippen LogP contribution is 2.24. The second-order valence-corrected chi connectivity index (χ2v) is 4.98. The van der Waals surface area contributed by atoms with E-state index in [4.69, 9.17) is 5.11 Å². The summed E-state index contributed by atoms with van der Waals surface area (Å²) in [5, 5.41) is 11.6. The summed E-state index contributed by atoms with van der Waals surface area (Å²) >= 11 is 0. The molecule has 1 aromatic rings. The minimum Gasteiger partial charge on any atom is -0.384 e. The molecule has 100 valence electrons. The maximum atomic E-state index is 12.0. The van der Waals surface area contributed by atoms with E-state index in [9.17, 15) is 4.79 Å². The maximum Gasteiger partial charge on any atom is 0.270 e. The van der Waals surface area contributed by atoms with E-state index < -0.39 is 0 Å². The molecule has 4 nitrogen and oxygen atoms in total. The average Bonchev–Trinajstić information content (AvgIpc) is 2.82. The highest BCUT2D eigenvalue weighted by atomic mass is 16.2. The quantitative estimate of drug-likeness (QED) is 0.787. The van der Waals surface area contributed by atoms with Gasteiger partial charge in [-0.15, -0.1) is 0 Å². The van der Waals surface area contributed by atoms with Gasteiger partial charge in [-0.2, -0.15) is 0 Å². The number of carbonyl (C=O) groups excluding carboxylic acids is 1. The third-order valence-corrected chi connectivity index (χ3v) is 3.34. The van der Waals surface area contributed by atoms with Gasteiger partial charge in [0.25, 0.3) is 5.91 Å². The lowest BCUT2D eigenvalue weighted by molar-refractivity contribution is 0.0932. The standard InChI is InChI=1S/C15H18N2O2/c1-11-4-6-13(9-11)17-15(19)14-7-5-12(10-16-14)3-2-8-18/h5,7,10-11,13,18H,4,6,8-9H2,1H3,(H,17,19). The zero-order chi connectivity index (χ0) is 13.7. The molecule has 1 saturated carbocycles. The van der Waals surface area contributed by atoms with Crippen LogP contribution in [0.3, 0.4) is 0 Å². The summed E-state index contributed by atoms with van der Waals surface area (Å²) in [4.78, 5) is 16.1. The highest BCUT2D eigenvalue weighted by molar-refractivity contribution is 5.92. The minimum absolute atomic E-state index is 0.124. The average molecular weight is 258 g/mol. The van der Waals surface area contributed by atoms with E-state index in [0.717, 1.165) is 12.8 Å². The van der Waals surface area contributed by atoms with Gasteiger partial charge in [0.15, 0.2) is 0 Å². The van der Waals surface area contributed by atoms with Gasteiger partial charge in [-0.3, -0.25) is 4.79 Å². The molecular weight excluding hydrogens is 240 g/mol. The Balaban J connectivity index is 1.95. The van der Waals surface area contributed by atoms with Crippen LogP contribution in [0.2, 0.25) is 0 Å². The van der Waals surface area contributed by atoms with Gasteiger partial charge in [0.2, 0.25) is 0 Å². The smallest absolute Gasteiger partial charge is 0.270 e. The van der Waals surface area contributed by atoms with Crippen molar-refractivity contribution in [2.45, 2.75) is 32.2 Å². The second kappa shape index (κ2) is 6.35. The van der Waals surface area contributed by atoms with Gasteiger partial charge >= 0.3 is 0 Å². The molecule has 1 aliphatic rings. The van der Waals surface area contributed by atoms with Gasteiger partial charge in [-0.05, 0) is 37.3 Å². The molecule has 1 amide bonds. The first-order chi connectivity index (χ1) is 9.19. The zero-order valence-electron chi connectivity index (χ0n) is 11.0. The lowest BCUT2D eigenvalue weighted by Gasteiger charge is -2.11. The van der Waals surface area contributed by atoms with Crippen molar-refractivity contribution >= 4 is 5.91 Å². The van der Waals surface area contributed by atoms with E-state index in [2.05, 4.69) is 29.1 Å². The summed E-state index contributed by atoms with van der Waals surface area (Å²) in [6.07, 6.45) is 4.82. The van der Waals surface area contributed by atoms with E-state index in [0.29, 0.717) is 17.2 Å². The molecule has 2 unspecified atom stereocenters. The van der Waals surface area contributed by atoms with Crippen molar-refractivity contribution < 1.29 is 9.90 Å². The summed E-state index contributed by atoms with van der Waals surface area (Å²) in [6, 6.07) is 3.68. The summed E-state index contributed by atoms with van der Waals surface area (Å²) in [5.41, 5.74) is 1.11. The van der Waals surface area contributed by atoms with Crippen LogP contribution < -0.4 is 5.32 Å². The van der Waals surface area contributed by atoms with Gasteiger partial charge in [0, 0.05) is 17.8 Å². The summed E-state index contributed by atoms with van der Waals surface area (Å²) in [6.45, 7) is 2.03. The number of pyridine rings is 1. The van der Waals surface area contributed by atoms with Crippen molar-refractivity contribution in [3.05, 3.63) is 29.6 Å². The molecule has 1 aliphatic carbocycles. The van der Waals surface area contributed by atoms with Crippen molar-refractivity contribution in [2.75, 3.05) is 6.61 Å². The van der Waals surface area contributed by atoms with Crippen molar-refractivity contribution in [3.8, 4) is 11.8 Å². The van der Waals surface area contributed by atoms with Gasteiger partial charge in [0.05, 0.1) is 0 Å². The van der Waals surface area contributed by atoms with Crippen LogP contribution in [0.15, 0.2) is 18.3 Å². The largest absolute Gasteiger partial charge is 0.384 e. The maximum absolute atomic E-state index is 12.0. The van der Waals surface area contributed by atoms with E-state index >= 15 is 0 Å². The Kier molecular flexibility index (Phi) is 4.53. The number of nitrogens with zero attached hydrogens (tertiary/aromatic N) is 1. The van der Waals surface area contributed by atoms with E-state index in [1.165, 1.54) is 6.42 Å². The highest BCUT2D eigenvalue weighted by Gasteiger charge is 2.23. The molecule has 0 aliphatic heterocycles. The molecule has 2 rings (SSSR count). The number of hydrogen-bond donors (Lipinski definition) is 2. The Morgan fingerprint density at radius 2 is 2.37 bits per heavy atom. The van der Waals surface area contributed by atoms with Crippen molar-refractivity contribution in [3.63, 3.8) is 0 Å². The Morgan fingerprint density at radius 3 is 2.95 bits per heavy atom. The van der Waals surface area contributed by atoms with Crippen molar-refractivity contribution in [1.29, 1.82) is 0 Å². The number of aliphatic hydroxyl groups excluding tert-OH is 1. The molecule has 1 heterocycles. The van der Waals surface area contributed by atoms with Crippen LogP contribution in [0.4, 0.5) is 0 Å². The molecule has 0 aromatic carbocycles. The Labute approximate surface area is 113 Å². The topological polar surface area (TPSA) is 62.2 Å². The SMILES string of the molecule is CC1CCC(NC(=O)c2ccc(C#CCO)cn2)C1. The van der Waals surface area contributed by atoms with Crippen LogP contribution in [-0.2, 0) is 0 Å². The first-order valence-electron chi connectivity index (χ1n) is 6.55. The third kappa shape index (κ3) is 3.80. The van der Waals surface area contributed by atoms with Gasteiger partial charge in [-0.1, -0.05) is 18.8 Å². The fourth-order valence-electron chi connectivity index (χ4n) is 2.34. The normalized spacial score (nSPS) is 21.6. The molecule has 1 aromatic heterocycles. The molecule has 19 heavy (non-hydrogen) atoms. The predicted molar refractivity (Wildman–Crippen MR) is 72.5 cm³/mol. The van der Waals surface area contributed by atoms with E-state index in [-0.39, 0.29) is 18.6 Å². The lowest BCUT2D eigenvalue weighted by atomic mass is 10.1. The van der Waals surface area contributed by atoms with Crippen molar-refractivity contribution in [1.82, 2.24) is 10.3 Å². The summed E-state index contributed by atoms with van der Waals surface area (Å²) in [7, 11) is 0. The fraction of sp³-hybridized carbons (Fsp3) is 0.467. The van der Waals surface area contributed by atoms with Crippen LogP contribution >= 0.6 is 0 Å². The number of hydrogen-bond acceptors (Lipinski definition) is 3. The zero-order valence-corrected chi connectivity index (χ0v) is 11.0. The monoisotopic (exact) mass is 258 g/mol. The van der Waals surface area contributed by atoms with Crippen molar-refractivity contribution in [2.24, 2.45) is 5.92 Å². The van der Waals surface area contributed by atoms with Crippen LogP contribution in [0.25, 0.3) is 0 Å². The molecule has 0 saturated heterocycles. The Bertz CT molecular complexity index is 499. The minimum atomic E-state index is -0.178. The molecular formula is C15H18N2O2. The number of aromatic nitrogens is 1. The molecule has 2 atom stereocenters. The lowest BCUT2D eigenvalue weighted by Crippen LogP contribution is -2.33. The van der Waals surface area contributed by atoms with Gasteiger partial charge in [0.1, 0.15) is 12.3 Å². The summed E-state index contributed by atoms with van der Waals surface area (Å²) < 4.78 is 0. The van der Waals surface area contributed by atoms with Crippen LogP contribution in [-0.4, -0.2) is 28.6 Å². The van der Waals surface area contributed by atoms with Crippen LogP contribution in [0.1, 0.15) is 42.2 Å². The van der Waals surface area contributed by atoms with Crippen LogP contribution in [0.5, 0.6) is 0 Å². The first-order valence-corrected chi connectivity index (χ1v) is 6.55. The fourth-order valence-corrected chi connectivity index (χ4v) is 2.34. The van der Waals surface area contributed by atoms with Gasteiger partial charge in [-0.25, -0.2) is 4.98 Å². The molecule has 0 bridgehead atoms. The molecule has 1 fully saturated rings. The summed E-state index contributed by atoms with van der Waals surface area (Å²) in [5.74, 6) is 5.85. The van der Waals surface area contributed by atoms with E-state index in [1.54, 1.807) is 18.3 Å². The number of aliphatic hydroxyl groups is 1. The molecule has 2 N–H and O–H groups in total. The van der Waals surface area contributed by atoms with E-state index in [1.807, 2.05) is 0 Å². The first kappa shape index (κ1) is 13.6. The molecule has 0 spiro atoms. The number of rotatable bonds is 2. The van der Waals surface area contributed by atoms with Gasteiger partial charge < -0.3 is 10.4 Å². The predicted octanol–water partition coefficient (Wildman–Crippen LogP) is 1.34. The Hall–Kier alpha value is -1.86. The van der Waals surface area contributed by atoms with Crippen LogP contribution in [0, 0.1) is 17.8 Å². The molecule has 0 radical (unpaired) electrons. The Morgan fingerprint density at radius 1 is 1.53 bits per heavy atom. The number of nitrogens with one attached hydrogen (secondary N) is 1. The second-order valence-electron chi connectivity index (χ2n) is 4.98. The number of amides is 1. The molecule has 4 heteroatoms. The number of carbonyl (C=O) groups is 1.